The van der Waals surface area contributed by atoms with Gasteiger partial charge in [-0.15, -0.1) is 0 Å². The fourth-order valence-corrected chi connectivity index (χ4v) is 1.81. The highest BCUT2D eigenvalue weighted by Gasteiger charge is 2.16. The zero-order valence-electron chi connectivity index (χ0n) is 12.8. The Hall–Kier alpha value is -0.910. The SMILES string of the molecule is CC(C)(C)NC(=O)CSCCNC(=O)OC(C)(C)C. The lowest BCUT2D eigenvalue weighted by Crippen LogP contribution is -2.41. The van der Waals surface area contributed by atoms with E-state index in [1.54, 1.807) is 0 Å². The molecule has 0 aliphatic rings. The van der Waals surface area contributed by atoms with Gasteiger partial charge in [-0.05, 0) is 41.5 Å². The Kier molecular flexibility index (Phi) is 7.26. The van der Waals surface area contributed by atoms with Crippen LogP contribution < -0.4 is 10.6 Å². The molecule has 0 fully saturated rings. The van der Waals surface area contributed by atoms with E-state index in [1.807, 2.05) is 41.5 Å². The van der Waals surface area contributed by atoms with Crippen molar-refractivity contribution in [3.05, 3.63) is 0 Å². The summed E-state index contributed by atoms with van der Waals surface area (Å²) in [5.74, 6) is 1.08. The quantitative estimate of drug-likeness (QED) is 0.761. The summed E-state index contributed by atoms with van der Waals surface area (Å²) in [5.41, 5.74) is -0.684. The number of thioether (sulfide) groups is 1. The summed E-state index contributed by atoms with van der Waals surface area (Å²) < 4.78 is 5.09. The summed E-state index contributed by atoms with van der Waals surface area (Å²) >= 11 is 1.48. The molecule has 0 aromatic rings. The predicted molar refractivity (Wildman–Crippen MR) is 79.5 cm³/mol. The maximum atomic E-state index is 11.5. The molecule has 0 spiro atoms. The molecule has 2 N–H and O–H groups in total. The minimum atomic E-state index is -0.482. The van der Waals surface area contributed by atoms with Crippen LogP contribution in [0.3, 0.4) is 0 Å². The lowest BCUT2D eigenvalue weighted by atomic mass is 10.1. The van der Waals surface area contributed by atoms with Gasteiger partial charge in [-0.25, -0.2) is 4.79 Å². The molecule has 0 unspecified atom stereocenters. The molecular weight excluding hydrogens is 264 g/mol. The first-order valence-electron chi connectivity index (χ1n) is 6.35. The van der Waals surface area contributed by atoms with Crippen LogP contribution in [0.15, 0.2) is 0 Å². The number of ether oxygens (including phenoxy) is 1. The third kappa shape index (κ3) is 13.3. The third-order valence-corrected chi connectivity index (χ3v) is 2.62. The van der Waals surface area contributed by atoms with Crippen LogP contribution in [-0.2, 0) is 9.53 Å². The molecule has 0 aromatic carbocycles. The normalized spacial score (nSPS) is 11.9. The Bertz CT molecular complexity index is 276. The Balaban J connectivity index is 3.61. The standard InChI is InChI=1S/C13H26N2O3S/c1-12(2,3)15-10(16)9-19-8-7-14-11(17)18-13(4,5)6/h7-9H2,1-6H3,(H,14,17)(H,15,16). The largest absolute Gasteiger partial charge is 0.444 e. The van der Waals surface area contributed by atoms with Crippen LogP contribution in [0.5, 0.6) is 0 Å². The molecule has 0 aliphatic carbocycles. The van der Waals surface area contributed by atoms with Gasteiger partial charge in [0.05, 0.1) is 5.75 Å². The van der Waals surface area contributed by atoms with Crippen molar-refractivity contribution in [2.24, 2.45) is 0 Å². The zero-order chi connectivity index (χ0) is 15.1. The average molecular weight is 290 g/mol. The van der Waals surface area contributed by atoms with E-state index in [-0.39, 0.29) is 11.4 Å². The summed E-state index contributed by atoms with van der Waals surface area (Å²) in [5, 5.41) is 5.53. The van der Waals surface area contributed by atoms with Crippen molar-refractivity contribution in [3.63, 3.8) is 0 Å². The molecule has 0 rings (SSSR count). The minimum absolute atomic E-state index is 0.00904. The third-order valence-electron chi connectivity index (χ3n) is 1.66. The monoisotopic (exact) mass is 290 g/mol. The first-order valence-corrected chi connectivity index (χ1v) is 7.51. The van der Waals surface area contributed by atoms with E-state index < -0.39 is 11.7 Å². The van der Waals surface area contributed by atoms with Crippen molar-refractivity contribution >= 4 is 23.8 Å². The second-order valence-electron chi connectivity index (χ2n) is 6.28. The molecular formula is C13H26N2O3S. The summed E-state index contributed by atoms with van der Waals surface area (Å²) in [6.45, 7) is 11.8. The van der Waals surface area contributed by atoms with Crippen molar-refractivity contribution in [2.45, 2.75) is 52.7 Å². The fourth-order valence-electron chi connectivity index (χ4n) is 1.16. The summed E-state index contributed by atoms with van der Waals surface area (Å²) in [4.78, 5) is 22.8. The predicted octanol–water partition coefficient (Wildman–Crippen LogP) is 2.16. The molecule has 19 heavy (non-hydrogen) atoms. The van der Waals surface area contributed by atoms with E-state index in [2.05, 4.69) is 10.6 Å². The molecule has 112 valence electrons. The Morgan fingerprint density at radius 2 is 1.68 bits per heavy atom. The van der Waals surface area contributed by atoms with E-state index in [4.69, 9.17) is 4.74 Å². The van der Waals surface area contributed by atoms with Crippen LogP contribution in [0.25, 0.3) is 0 Å². The molecule has 0 saturated carbocycles. The van der Waals surface area contributed by atoms with Gasteiger partial charge in [-0.3, -0.25) is 4.79 Å². The molecule has 0 saturated heterocycles. The highest BCUT2D eigenvalue weighted by atomic mass is 32.2. The van der Waals surface area contributed by atoms with Crippen LogP contribution in [0, 0.1) is 0 Å². The maximum absolute atomic E-state index is 11.5. The van der Waals surface area contributed by atoms with Crippen molar-refractivity contribution in [2.75, 3.05) is 18.1 Å². The molecule has 0 bridgehead atoms. The molecule has 6 heteroatoms. The molecule has 0 radical (unpaired) electrons. The summed E-state index contributed by atoms with van der Waals surface area (Å²) in [6.07, 6.45) is -0.424. The van der Waals surface area contributed by atoms with E-state index in [0.717, 1.165) is 0 Å². The topological polar surface area (TPSA) is 67.4 Å². The molecule has 0 heterocycles. The van der Waals surface area contributed by atoms with E-state index in [0.29, 0.717) is 18.1 Å². The van der Waals surface area contributed by atoms with E-state index in [9.17, 15) is 9.59 Å². The fraction of sp³-hybridized carbons (Fsp3) is 0.846. The van der Waals surface area contributed by atoms with Gasteiger partial charge in [0, 0.05) is 17.8 Å². The first kappa shape index (κ1) is 18.1. The highest BCUT2D eigenvalue weighted by molar-refractivity contribution is 7.99. The Morgan fingerprint density at radius 3 is 2.16 bits per heavy atom. The van der Waals surface area contributed by atoms with Crippen LogP contribution in [0.2, 0.25) is 0 Å². The zero-order valence-corrected chi connectivity index (χ0v) is 13.6. The molecule has 2 amide bonds. The van der Waals surface area contributed by atoms with Crippen molar-refractivity contribution in [3.8, 4) is 0 Å². The molecule has 5 nitrogen and oxygen atoms in total. The minimum Gasteiger partial charge on any atom is -0.444 e. The van der Waals surface area contributed by atoms with Gasteiger partial charge >= 0.3 is 6.09 Å². The lowest BCUT2D eigenvalue weighted by Gasteiger charge is -2.20. The van der Waals surface area contributed by atoms with Gasteiger partial charge in [0.15, 0.2) is 0 Å². The number of hydrogen-bond donors (Lipinski definition) is 2. The summed E-state index contributed by atoms with van der Waals surface area (Å²) in [7, 11) is 0. The first-order chi connectivity index (χ1) is 8.49. The van der Waals surface area contributed by atoms with Crippen molar-refractivity contribution in [1.82, 2.24) is 10.6 Å². The molecule has 0 aliphatic heterocycles. The van der Waals surface area contributed by atoms with E-state index >= 15 is 0 Å². The number of rotatable bonds is 5. The highest BCUT2D eigenvalue weighted by Crippen LogP contribution is 2.06. The number of alkyl carbamates (subject to hydrolysis) is 1. The van der Waals surface area contributed by atoms with Gasteiger partial charge < -0.3 is 15.4 Å². The van der Waals surface area contributed by atoms with Gasteiger partial charge in [0.2, 0.25) is 5.91 Å². The van der Waals surface area contributed by atoms with Gasteiger partial charge in [-0.1, -0.05) is 0 Å². The number of nitrogens with one attached hydrogen (secondary N) is 2. The molecule has 0 aromatic heterocycles. The van der Waals surface area contributed by atoms with E-state index in [1.165, 1.54) is 11.8 Å². The second-order valence-corrected chi connectivity index (χ2v) is 7.38. The number of amides is 2. The van der Waals surface area contributed by atoms with Crippen molar-refractivity contribution < 1.29 is 14.3 Å². The summed E-state index contributed by atoms with van der Waals surface area (Å²) in [6, 6.07) is 0. The number of carbonyl (C=O) groups is 2. The van der Waals surface area contributed by atoms with Crippen molar-refractivity contribution in [1.29, 1.82) is 0 Å². The van der Waals surface area contributed by atoms with Crippen LogP contribution in [0.4, 0.5) is 4.79 Å². The second kappa shape index (κ2) is 7.62. The van der Waals surface area contributed by atoms with Crippen LogP contribution in [-0.4, -0.2) is 41.2 Å². The van der Waals surface area contributed by atoms with Crippen LogP contribution in [0.1, 0.15) is 41.5 Å². The van der Waals surface area contributed by atoms with Gasteiger partial charge in [-0.2, -0.15) is 11.8 Å². The Labute approximate surface area is 120 Å². The Morgan fingerprint density at radius 1 is 1.11 bits per heavy atom. The lowest BCUT2D eigenvalue weighted by molar-refractivity contribution is -0.119. The van der Waals surface area contributed by atoms with Gasteiger partial charge in [0.25, 0.3) is 0 Å². The number of carbonyl (C=O) groups excluding carboxylic acids is 2. The molecule has 0 atom stereocenters. The smallest absolute Gasteiger partial charge is 0.407 e. The average Bonchev–Trinajstić information content (AvgIpc) is 2.10. The van der Waals surface area contributed by atoms with Crippen LogP contribution >= 0.6 is 11.8 Å². The maximum Gasteiger partial charge on any atom is 0.407 e. The number of hydrogen-bond acceptors (Lipinski definition) is 4. The van der Waals surface area contributed by atoms with Gasteiger partial charge in [0.1, 0.15) is 5.60 Å².